The maximum atomic E-state index is 12.4. The number of hydrogen-bond donors (Lipinski definition) is 1. The predicted molar refractivity (Wildman–Crippen MR) is 111 cm³/mol. The van der Waals surface area contributed by atoms with Crippen molar-refractivity contribution in [3.8, 4) is 0 Å². The van der Waals surface area contributed by atoms with Crippen LogP contribution in [0.3, 0.4) is 0 Å². The van der Waals surface area contributed by atoms with Gasteiger partial charge in [-0.25, -0.2) is 0 Å². The van der Waals surface area contributed by atoms with E-state index in [4.69, 9.17) is 0 Å². The SMILES string of the molecule is C[C@H](C(=O)NCc1ccccc1)N1CCN(C/C=C/c2ccccc2)CC1. The lowest BCUT2D eigenvalue weighted by atomic mass is 10.2. The van der Waals surface area contributed by atoms with Gasteiger partial charge in [0.25, 0.3) is 0 Å². The lowest BCUT2D eigenvalue weighted by Crippen LogP contribution is -2.53. The normalized spacial score (nSPS) is 17.1. The molecule has 2 aromatic carbocycles. The summed E-state index contributed by atoms with van der Waals surface area (Å²) < 4.78 is 0. The Morgan fingerprint density at radius 1 is 1.00 bits per heavy atom. The monoisotopic (exact) mass is 363 g/mol. The van der Waals surface area contributed by atoms with Crippen molar-refractivity contribution >= 4 is 12.0 Å². The molecule has 1 aliphatic rings. The van der Waals surface area contributed by atoms with Crippen molar-refractivity contribution in [1.82, 2.24) is 15.1 Å². The Labute approximate surface area is 162 Å². The molecule has 1 fully saturated rings. The summed E-state index contributed by atoms with van der Waals surface area (Å²) in [4.78, 5) is 17.2. The van der Waals surface area contributed by atoms with Crippen molar-refractivity contribution in [3.05, 3.63) is 77.9 Å². The molecule has 1 atom stereocenters. The average molecular weight is 364 g/mol. The molecule has 3 rings (SSSR count). The molecule has 0 aliphatic carbocycles. The number of benzene rings is 2. The van der Waals surface area contributed by atoms with Crippen molar-refractivity contribution in [3.63, 3.8) is 0 Å². The first-order chi connectivity index (χ1) is 13.2. The van der Waals surface area contributed by atoms with Gasteiger partial charge in [0.1, 0.15) is 0 Å². The van der Waals surface area contributed by atoms with Crippen molar-refractivity contribution in [2.75, 3.05) is 32.7 Å². The second-order valence-electron chi connectivity index (χ2n) is 7.03. The summed E-state index contributed by atoms with van der Waals surface area (Å²) in [5.41, 5.74) is 2.37. The molecule has 1 aliphatic heterocycles. The second-order valence-corrected chi connectivity index (χ2v) is 7.03. The van der Waals surface area contributed by atoms with E-state index >= 15 is 0 Å². The van der Waals surface area contributed by atoms with Gasteiger partial charge in [-0.2, -0.15) is 0 Å². The number of carbonyl (C=O) groups is 1. The van der Waals surface area contributed by atoms with E-state index in [1.54, 1.807) is 0 Å². The van der Waals surface area contributed by atoms with Crippen LogP contribution in [0.15, 0.2) is 66.7 Å². The van der Waals surface area contributed by atoms with E-state index in [0.717, 1.165) is 38.3 Å². The Hall–Kier alpha value is -2.43. The zero-order chi connectivity index (χ0) is 18.9. The third kappa shape index (κ3) is 6.05. The molecule has 4 heteroatoms. The van der Waals surface area contributed by atoms with Crippen molar-refractivity contribution in [2.45, 2.75) is 19.5 Å². The van der Waals surface area contributed by atoms with Crippen LogP contribution in [0.5, 0.6) is 0 Å². The average Bonchev–Trinajstić information content (AvgIpc) is 2.73. The molecule has 2 aromatic rings. The van der Waals surface area contributed by atoms with Gasteiger partial charge in [-0.15, -0.1) is 0 Å². The highest BCUT2D eigenvalue weighted by Gasteiger charge is 2.24. The van der Waals surface area contributed by atoms with Gasteiger partial charge < -0.3 is 5.32 Å². The fraction of sp³-hybridized carbons (Fsp3) is 0.348. The molecule has 0 unspecified atom stereocenters. The Balaban J connectivity index is 1.39. The molecular formula is C23H29N3O. The molecule has 4 nitrogen and oxygen atoms in total. The van der Waals surface area contributed by atoms with Gasteiger partial charge >= 0.3 is 0 Å². The summed E-state index contributed by atoms with van der Waals surface area (Å²) in [7, 11) is 0. The molecule has 0 spiro atoms. The van der Waals surface area contributed by atoms with E-state index in [1.807, 2.05) is 43.3 Å². The highest BCUT2D eigenvalue weighted by molar-refractivity contribution is 5.81. The fourth-order valence-corrected chi connectivity index (χ4v) is 3.33. The van der Waals surface area contributed by atoms with Crippen LogP contribution in [0.4, 0.5) is 0 Å². The van der Waals surface area contributed by atoms with Crippen LogP contribution >= 0.6 is 0 Å². The predicted octanol–water partition coefficient (Wildman–Crippen LogP) is 3.02. The molecule has 27 heavy (non-hydrogen) atoms. The summed E-state index contributed by atoms with van der Waals surface area (Å²) >= 11 is 0. The first-order valence-corrected chi connectivity index (χ1v) is 9.72. The lowest BCUT2D eigenvalue weighted by Gasteiger charge is -2.37. The number of nitrogens with zero attached hydrogens (tertiary/aromatic N) is 2. The van der Waals surface area contributed by atoms with E-state index in [2.05, 4.69) is 51.5 Å². The minimum Gasteiger partial charge on any atom is -0.351 e. The third-order valence-corrected chi connectivity index (χ3v) is 5.12. The van der Waals surface area contributed by atoms with Crippen LogP contribution in [-0.2, 0) is 11.3 Å². The second kappa shape index (κ2) is 10.0. The quantitative estimate of drug-likeness (QED) is 0.821. The topological polar surface area (TPSA) is 35.6 Å². The maximum Gasteiger partial charge on any atom is 0.237 e. The molecule has 1 saturated heterocycles. The van der Waals surface area contributed by atoms with Crippen molar-refractivity contribution in [2.24, 2.45) is 0 Å². The molecule has 1 heterocycles. The fourth-order valence-electron chi connectivity index (χ4n) is 3.33. The minimum absolute atomic E-state index is 0.0873. The summed E-state index contributed by atoms with van der Waals surface area (Å²) in [6, 6.07) is 20.3. The molecular weight excluding hydrogens is 334 g/mol. The van der Waals surface area contributed by atoms with Gasteiger partial charge in [-0.1, -0.05) is 72.8 Å². The first kappa shape index (κ1) is 19.3. The van der Waals surface area contributed by atoms with E-state index < -0.39 is 0 Å². The van der Waals surface area contributed by atoms with Gasteiger partial charge in [-0.3, -0.25) is 14.6 Å². The van der Waals surface area contributed by atoms with Crippen LogP contribution in [0, 0.1) is 0 Å². The van der Waals surface area contributed by atoms with Crippen molar-refractivity contribution < 1.29 is 4.79 Å². The van der Waals surface area contributed by atoms with Crippen LogP contribution in [0.25, 0.3) is 6.08 Å². The summed E-state index contributed by atoms with van der Waals surface area (Å²) in [5, 5.41) is 3.05. The van der Waals surface area contributed by atoms with Gasteiger partial charge in [0, 0.05) is 39.3 Å². The number of hydrogen-bond acceptors (Lipinski definition) is 3. The van der Waals surface area contributed by atoms with Crippen molar-refractivity contribution in [1.29, 1.82) is 0 Å². The van der Waals surface area contributed by atoms with Crippen LogP contribution in [0.1, 0.15) is 18.1 Å². The molecule has 0 radical (unpaired) electrons. The standard InChI is InChI=1S/C23H29N3O/c1-20(23(27)24-19-22-11-6-3-7-12-22)26-17-15-25(16-18-26)14-8-13-21-9-4-2-5-10-21/h2-13,20H,14-19H2,1H3,(H,24,27)/b13-8+/t20-/m1/s1. The van der Waals surface area contributed by atoms with E-state index in [0.29, 0.717) is 6.54 Å². The number of nitrogens with one attached hydrogen (secondary N) is 1. The maximum absolute atomic E-state index is 12.4. The zero-order valence-electron chi connectivity index (χ0n) is 16.1. The smallest absolute Gasteiger partial charge is 0.237 e. The summed E-state index contributed by atoms with van der Waals surface area (Å²) in [6.07, 6.45) is 4.40. The molecule has 1 N–H and O–H groups in total. The van der Waals surface area contributed by atoms with E-state index in [1.165, 1.54) is 5.56 Å². The number of amides is 1. The Kier molecular flexibility index (Phi) is 7.19. The number of rotatable bonds is 7. The first-order valence-electron chi connectivity index (χ1n) is 9.72. The minimum atomic E-state index is -0.0873. The van der Waals surface area contributed by atoms with Crippen LogP contribution in [0.2, 0.25) is 0 Å². The summed E-state index contributed by atoms with van der Waals surface area (Å²) in [6.45, 7) is 7.40. The van der Waals surface area contributed by atoms with E-state index in [-0.39, 0.29) is 11.9 Å². The third-order valence-electron chi connectivity index (χ3n) is 5.12. The van der Waals surface area contributed by atoms with E-state index in [9.17, 15) is 4.79 Å². The van der Waals surface area contributed by atoms with Crippen LogP contribution < -0.4 is 5.32 Å². The number of carbonyl (C=O) groups excluding carboxylic acids is 1. The lowest BCUT2D eigenvalue weighted by molar-refractivity contribution is -0.126. The van der Waals surface area contributed by atoms with Gasteiger partial charge in [-0.05, 0) is 18.1 Å². The largest absolute Gasteiger partial charge is 0.351 e. The summed E-state index contributed by atoms with van der Waals surface area (Å²) in [5.74, 6) is 0.108. The Morgan fingerprint density at radius 2 is 1.63 bits per heavy atom. The van der Waals surface area contributed by atoms with Gasteiger partial charge in [0.2, 0.25) is 5.91 Å². The molecule has 142 valence electrons. The number of piperazine rings is 1. The van der Waals surface area contributed by atoms with Crippen LogP contribution in [-0.4, -0.2) is 54.5 Å². The highest BCUT2D eigenvalue weighted by atomic mass is 16.2. The Bertz CT molecular complexity index is 722. The molecule has 0 saturated carbocycles. The highest BCUT2D eigenvalue weighted by Crippen LogP contribution is 2.08. The molecule has 1 amide bonds. The van der Waals surface area contributed by atoms with Gasteiger partial charge in [0.15, 0.2) is 0 Å². The molecule has 0 bridgehead atoms. The zero-order valence-corrected chi connectivity index (χ0v) is 16.1. The van der Waals surface area contributed by atoms with Gasteiger partial charge in [0.05, 0.1) is 6.04 Å². The Morgan fingerprint density at radius 3 is 2.30 bits per heavy atom. The molecule has 0 aromatic heterocycles.